The monoisotopic (exact) mass is 278 g/mol. The summed E-state index contributed by atoms with van der Waals surface area (Å²) in [5.74, 6) is 0.162. The van der Waals surface area contributed by atoms with Gasteiger partial charge in [-0.2, -0.15) is 0 Å². The van der Waals surface area contributed by atoms with E-state index in [-0.39, 0.29) is 5.91 Å². The number of amides is 1. The van der Waals surface area contributed by atoms with Crippen molar-refractivity contribution < 1.29 is 4.79 Å². The van der Waals surface area contributed by atoms with Crippen molar-refractivity contribution in [1.82, 2.24) is 19.4 Å². The summed E-state index contributed by atoms with van der Waals surface area (Å²) in [7, 11) is 0. The molecule has 2 aromatic rings. The molecule has 0 saturated heterocycles. The normalized spacial score (nSPS) is 10.8. The minimum absolute atomic E-state index is 0.162. The predicted octanol–water partition coefficient (Wildman–Crippen LogP) is 2.35. The van der Waals surface area contributed by atoms with Gasteiger partial charge < -0.3 is 14.5 Å². The maximum absolute atomic E-state index is 12.0. The number of nitrogens with one attached hydrogen (secondary N) is 1. The first-order chi connectivity index (χ1) is 9.17. The maximum atomic E-state index is 12.0. The number of carbonyl (C=O) groups excluding carboxylic acids is 1. The zero-order valence-corrected chi connectivity index (χ0v) is 12.0. The van der Waals surface area contributed by atoms with Gasteiger partial charge in [0.15, 0.2) is 4.77 Å². The molecule has 0 aliphatic carbocycles. The van der Waals surface area contributed by atoms with E-state index in [0.717, 1.165) is 24.1 Å². The standard InChI is InChI=1S/C13H18N4OS/c1-3-16(4-2)12(18)6-8-17-11-5-7-14-9-10(11)15-13(17)19/h5,7,9H,3-4,6,8H2,1-2H3,(H,15,19). The molecule has 2 heterocycles. The lowest BCUT2D eigenvalue weighted by molar-refractivity contribution is -0.131. The number of rotatable bonds is 5. The van der Waals surface area contributed by atoms with Gasteiger partial charge in [0.1, 0.15) is 0 Å². The van der Waals surface area contributed by atoms with Crippen LogP contribution in [-0.2, 0) is 11.3 Å². The second-order valence-corrected chi connectivity index (χ2v) is 4.68. The van der Waals surface area contributed by atoms with Crippen LogP contribution in [0.3, 0.4) is 0 Å². The van der Waals surface area contributed by atoms with Crippen LogP contribution in [-0.4, -0.2) is 38.4 Å². The van der Waals surface area contributed by atoms with Crippen LogP contribution < -0.4 is 0 Å². The van der Waals surface area contributed by atoms with Crippen LogP contribution >= 0.6 is 12.2 Å². The van der Waals surface area contributed by atoms with E-state index < -0.39 is 0 Å². The van der Waals surface area contributed by atoms with Gasteiger partial charge in [0, 0.05) is 32.3 Å². The van der Waals surface area contributed by atoms with Crippen molar-refractivity contribution in [3.8, 4) is 0 Å². The van der Waals surface area contributed by atoms with E-state index in [2.05, 4.69) is 9.97 Å². The number of aryl methyl sites for hydroxylation is 1. The molecule has 0 unspecified atom stereocenters. The third-order valence-corrected chi connectivity index (χ3v) is 3.56. The van der Waals surface area contributed by atoms with Crippen molar-refractivity contribution in [3.63, 3.8) is 0 Å². The number of aromatic amines is 1. The number of hydrogen-bond acceptors (Lipinski definition) is 3. The first-order valence-electron chi connectivity index (χ1n) is 6.47. The molecule has 0 bridgehead atoms. The largest absolute Gasteiger partial charge is 0.343 e. The Kier molecular flexibility index (Phi) is 4.31. The van der Waals surface area contributed by atoms with Crippen molar-refractivity contribution in [2.45, 2.75) is 26.8 Å². The second kappa shape index (κ2) is 5.97. The topological polar surface area (TPSA) is 53.9 Å². The summed E-state index contributed by atoms with van der Waals surface area (Å²) >= 11 is 5.28. The molecule has 0 aromatic carbocycles. The zero-order valence-electron chi connectivity index (χ0n) is 11.2. The summed E-state index contributed by atoms with van der Waals surface area (Å²) in [6, 6.07) is 1.91. The Labute approximate surface area is 117 Å². The second-order valence-electron chi connectivity index (χ2n) is 4.29. The quantitative estimate of drug-likeness (QED) is 0.854. The molecule has 0 spiro atoms. The number of hydrogen-bond donors (Lipinski definition) is 1. The van der Waals surface area contributed by atoms with E-state index in [1.807, 2.05) is 29.4 Å². The van der Waals surface area contributed by atoms with Crippen LogP contribution in [0.1, 0.15) is 20.3 Å². The number of aromatic nitrogens is 3. The lowest BCUT2D eigenvalue weighted by Gasteiger charge is -2.18. The van der Waals surface area contributed by atoms with Gasteiger partial charge in [-0.3, -0.25) is 9.78 Å². The summed E-state index contributed by atoms with van der Waals surface area (Å²) in [5, 5.41) is 0. The Bertz CT molecular complexity index is 627. The molecule has 0 aliphatic rings. The maximum Gasteiger partial charge on any atom is 0.224 e. The number of nitrogens with zero attached hydrogens (tertiary/aromatic N) is 3. The van der Waals surface area contributed by atoms with Crippen molar-refractivity contribution in [1.29, 1.82) is 0 Å². The molecule has 6 heteroatoms. The van der Waals surface area contributed by atoms with E-state index in [0.29, 0.717) is 17.7 Å². The molecule has 0 fully saturated rings. The molecule has 0 atom stereocenters. The Morgan fingerprint density at radius 3 is 2.89 bits per heavy atom. The lowest BCUT2D eigenvalue weighted by atomic mass is 10.3. The summed E-state index contributed by atoms with van der Waals surface area (Å²) in [4.78, 5) is 21.0. The molecule has 0 saturated carbocycles. The number of carbonyl (C=O) groups is 1. The van der Waals surface area contributed by atoms with E-state index in [9.17, 15) is 4.79 Å². The molecular formula is C13H18N4OS. The smallest absolute Gasteiger partial charge is 0.224 e. The third kappa shape index (κ3) is 2.84. The molecule has 0 aliphatic heterocycles. The number of imidazole rings is 1. The minimum Gasteiger partial charge on any atom is -0.343 e. The van der Waals surface area contributed by atoms with Crippen LogP contribution in [0.4, 0.5) is 0 Å². The number of fused-ring (bicyclic) bond motifs is 1. The van der Waals surface area contributed by atoms with Gasteiger partial charge >= 0.3 is 0 Å². The summed E-state index contributed by atoms with van der Waals surface area (Å²) in [6.45, 7) is 6.07. The Morgan fingerprint density at radius 2 is 2.21 bits per heavy atom. The highest BCUT2D eigenvalue weighted by molar-refractivity contribution is 7.71. The van der Waals surface area contributed by atoms with E-state index in [1.165, 1.54) is 0 Å². The van der Waals surface area contributed by atoms with Gasteiger partial charge in [0.05, 0.1) is 17.2 Å². The number of H-pyrrole nitrogens is 1. The van der Waals surface area contributed by atoms with Gasteiger partial charge in [-0.05, 0) is 32.1 Å². The highest BCUT2D eigenvalue weighted by Crippen LogP contribution is 2.13. The third-order valence-electron chi connectivity index (χ3n) is 3.24. The van der Waals surface area contributed by atoms with Crippen molar-refractivity contribution in [2.75, 3.05) is 13.1 Å². The highest BCUT2D eigenvalue weighted by Gasteiger charge is 2.11. The molecule has 1 N–H and O–H groups in total. The fourth-order valence-corrected chi connectivity index (χ4v) is 2.47. The number of pyridine rings is 1. The molecule has 102 valence electrons. The molecule has 2 rings (SSSR count). The van der Waals surface area contributed by atoms with Gasteiger partial charge in [0.25, 0.3) is 0 Å². The van der Waals surface area contributed by atoms with Crippen LogP contribution in [0, 0.1) is 4.77 Å². The average Bonchev–Trinajstić information content (AvgIpc) is 2.73. The van der Waals surface area contributed by atoms with Crippen molar-refractivity contribution in [3.05, 3.63) is 23.2 Å². The predicted molar refractivity (Wildman–Crippen MR) is 77.5 cm³/mol. The molecule has 1 amide bonds. The lowest BCUT2D eigenvalue weighted by Crippen LogP contribution is -2.31. The van der Waals surface area contributed by atoms with Crippen molar-refractivity contribution in [2.24, 2.45) is 0 Å². The van der Waals surface area contributed by atoms with E-state index >= 15 is 0 Å². The van der Waals surface area contributed by atoms with Gasteiger partial charge in [-0.15, -0.1) is 0 Å². The highest BCUT2D eigenvalue weighted by atomic mass is 32.1. The molecule has 2 aromatic heterocycles. The molecule has 19 heavy (non-hydrogen) atoms. The SMILES string of the molecule is CCN(CC)C(=O)CCn1c(=S)[nH]c2cnccc21. The van der Waals surface area contributed by atoms with Gasteiger partial charge in [-0.25, -0.2) is 0 Å². The van der Waals surface area contributed by atoms with Crippen molar-refractivity contribution >= 4 is 29.2 Å². The van der Waals surface area contributed by atoms with E-state index in [4.69, 9.17) is 12.2 Å². The van der Waals surface area contributed by atoms with Crippen LogP contribution in [0.25, 0.3) is 11.0 Å². The van der Waals surface area contributed by atoms with E-state index in [1.54, 1.807) is 12.4 Å². The molecule has 5 nitrogen and oxygen atoms in total. The molecular weight excluding hydrogens is 260 g/mol. The summed E-state index contributed by atoms with van der Waals surface area (Å²) < 4.78 is 2.59. The van der Waals surface area contributed by atoms with Crippen LogP contribution in [0.2, 0.25) is 0 Å². The Hall–Kier alpha value is -1.69. The summed E-state index contributed by atoms with van der Waals surface area (Å²) in [5.41, 5.74) is 1.90. The fraction of sp³-hybridized carbons (Fsp3) is 0.462. The minimum atomic E-state index is 0.162. The van der Waals surface area contributed by atoms with Crippen LogP contribution in [0.15, 0.2) is 18.5 Å². The van der Waals surface area contributed by atoms with Gasteiger partial charge in [-0.1, -0.05) is 0 Å². The first-order valence-corrected chi connectivity index (χ1v) is 6.88. The zero-order chi connectivity index (χ0) is 13.8. The average molecular weight is 278 g/mol. The fourth-order valence-electron chi connectivity index (χ4n) is 2.17. The Morgan fingerprint density at radius 1 is 1.47 bits per heavy atom. The van der Waals surface area contributed by atoms with Crippen LogP contribution in [0.5, 0.6) is 0 Å². The Balaban J connectivity index is 2.16. The molecule has 0 radical (unpaired) electrons. The first kappa shape index (κ1) is 13.7. The summed E-state index contributed by atoms with van der Waals surface area (Å²) in [6.07, 6.45) is 3.94. The van der Waals surface area contributed by atoms with Gasteiger partial charge in [0.2, 0.25) is 5.91 Å².